The maximum atomic E-state index is 12.2. The van der Waals surface area contributed by atoms with E-state index in [0.29, 0.717) is 11.5 Å². The van der Waals surface area contributed by atoms with Gasteiger partial charge in [-0.15, -0.1) is 11.6 Å². The van der Waals surface area contributed by atoms with Crippen molar-refractivity contribution in [1.82, 2.24) is 19.2 Å². The maximum absolute atomic E-state index is 12.2. The SMILES string of the molecule is CC(C)c1cc2ccccn2n1.CC(Cl)C(=O)c1c(C(C)C)nn2ccccc12.[Cl][Al]([Cl])[Cl]. The van der Waals surface area contributed by atoms with Crippen molar-refractivity contribution in [3.8, 4) is 0 Å². The lowest BCUT2D eigenvalue weighted by Crippen LogP contribution is -2.12. The molecular formula is C23H27AlCl4N4O. The van der Waals surface area contributed by atoms with Gasteiger partial charge in [0, 0.05) is 12.4 Å². The molecular weight excluding hydrogens is 517 g/mol. The van der Waals surface area contributed by atoms with Crippen LogP contribution >= 0.6 is 41.7 Å². The summed E-state index contributed by atoms with van der Waals surface area (Å²) in [4.78, 5) is 12.2. The third-order valence-electron chi connectivity index (χ3n) is 4.70. The molecule has 0 saturated carbocycles. The quantitative estimate of drug-likeness (QED) is 0.153. The van der Waals surface area contributed by atoms with Gasteiger partial charge in [0.1, 0.15) is 0 Å². The first-order valence-corrected chi connectivity index (χ1v) is 16.2. The smallest absolute Gasteiger partial charge is 0.292 e. The molecule has 0 bridgehead atoms. The predicted molar refractivity (Wildman–Crippen MR) is 142 cm³/mol. The van der Waals surface area contributed by atoms with Gasteiger partial charge >= 0.3 is 11.4 Å². The Bertz CT molecular complexity index is 1150. The summed E-state index contributed by atoms with van der Waals surface area (Å²) in [6, 6.07) is 13.9. The van der Waals surface area contributed by atoms with Gasteiger partial charge < -0.3 is 0 Å². The van der Waals surface area contributed by atoms with E-state index in [-0.39, 0.29) is 11.7 Å². The summed E-state index contributed by atoms with van der Waals surface area (Å²) in [5, 5.41) is 8.35. The third-order valence-corrected chi connectivity index (χ3v) is 4.90. The molecule has 4 aromatic heterocycles. The van der Waals surface area contributed by atoms with Crippen LogP contribution < -0.4 is 0 Å². The van der Waals surface area contributed by atoms with Crippen molar-refractivity contribution in [1.29, 1.82) is 0 Å². The summed E-state index contributed by atoms with van der Waals surface area (Å²) >= 11 is 4.19. The first-order chi connectivity index (χ1) is 15.5. The highest BCUT2D eigenvalue weighted by molar-refractivity contribution is 7.54. The number of halogens is 4. The van der Waals surface area contributed by atoms with Crippen molar-refractivity contribution < 1.29 is 4.79 Å². The van der Waals surface area contributed by atoms with Gasteiger partial charge in [0.05, 0.1) is 33.4 Å². The van der Waals surface area contributed by atoms with Crippen LogP contribution in [0.1, 0.15) is 68.2 Å². The molecule has 33 heavy (non-hydrogen) atoms. The van der Waals surface area contributed by atoms with Crippen molar-refractivity contribution in [3.63, 3.8) is 0 Å². The van der Waals surface area contributed by atoms with E-state index in [0.717, 1.165) is 16.9 Å². The first kappa shape index (κ1) is 28.0. The van der Waals surface area contributed by atoms with Gasteiger partial charge in [-0.05, 0) is 49.1 Å². The monoisotopic (exact) mass is 542 g/mol. The number of nitrogens with zero attached hydrogens (tertiary/aromatic N) is 4. The number of fused-ring (bicyclic) bond motifs is 2. The second-order valence-corrected chi connectivity index (χ2v) is 15.1. The Morgan fingerprint density at radius 3 is 1.97 bits per heavy atom. The number of hydrogen-bond donors (Lipinski definition) is 0. The number of Topliss-reactive ketones (excluding diaryl/α,β-unsaturated/α-hetero) is 1. The van der Waals surface area contributed by atoms with Crippen molar-refractivity contribution in [2.45, 2.75) is 51.8 Å². The van der Waals surface area contributed by atoms with E-state index in [4.69, 9.17) is 41.7 Å². The van der Waals surface area contributed by atoms with Crippen LogP contribution in [0.2, 0.25) is 0 Å². The standard InChI is InChI=1S/C13H15ClN2O.C10H12N2.Al.3ClH/c1-8(2)12-11(13(17)9(3)14)10-6-4-5-7-16(10)15-12;1-8(2)10-7-9-5-3-4-6-12(9)11-10;;;;/h4-9H,1-3H3;3-8H,1-2H3;;3*1H/q;;+3;;;/p-3. The fourth-order valence-electron chi connectivity index (χ4n) is 3.11. The number of carbonyl (C=O) groups excluding carboxylic acids is 1. The van der Waals surface area contributed by atoms with Gasteiger partial charge in [-0.1, -0.05) is 39.8 Å². The second-order valence-electron chi connectivity index (χ2n) is 7.97. The van der Waals surface area contributed by atoms with Crippen LogP contribution in [0.25, 0.3) is 11.0 Å². The minimum Gasteiger partial charge on any atom is -0.292 e. The largest absolute Gasteiger partial charge is 0.643 e. The van der Waals surface area contributed by atoms with Crippen LogP contribution in [0.15, 0.2) is 54.9 Å². The predicted octanol–water partition coefficient (Wildman–Crippen LogP) is 7.41. The average molecular weight is 544 g/mol. The molecule has 0 fully saturated rings. The summed E-state index contributed by atoms with van der Waals surface area (Å²) in [7, 11) is 14.8. The minimum atomic E-state index is -1.72. The van der Waals surface area contributed by atoms with Crippen LogP contribution in [-0.2, 0) is 0 Å². The molecule has 0 saturated heterocycles. The lowest BCUT2D eigenvalue weighted by Gasteiger charge is -2.05. The number of hydrogen-bond acceptors (Lipinski definition) is 3. The Hall–Kier alpha value is -1.26. The molecule has 4 rings (SSSR count). The fraction of sp³-hybridized carbons (Fsp3) is 0.348. The molecule has 0 spiro atoms. The zero-order chi connectivity index (χ0) is 24.7. The molecule has 5 nitrogen and oxygen atoms in total. The van der Waals surface area contributed by atoms with E-state index in [2.05, 4.69) is 36.2 Å². The summed E-state index contributed by atoms with van der Waals surface area (Å²) < 4.78 is 3.65. The van der Waals surface area contributed by atoms with Gasteiger partial charge in [0.2, 0.25) is 0 Å². The highest BCUT2D eigenvalue weighted by Gasteiger charge is 2.24. The molecule has 10 heteroatoms. The molecule has 176 valence electrons. The topological polar surface area (TPSA) is 51.7 Å². The normalized spacial score (nSPS) is 11.7. The molecule has 0 N–H and O–H groups in total. The highest BCUT2D eigenvalue weighted by Crippen LogP contribution is 2.25. The number of rotatable bonds is 4. The summed E-state index contributed by atoms with van der Waals surface area (Å²) in [5.74, 6) is 0.644. The van der Waals surface area contributed by atoms with Crippen molar-refractivity contribution in [2.75, 3.05) is 0 Å². The van der Waals surface area contributed by atoms with E-state index < -0.39 is 16.8 Å². The second kappa shape index (κ2) is 13.0. The fourth-order valence-corrected chi connectivity index (χ4v) is 3.22. The molecule has 1 unspecified atom stereocenters. The van der Waals surface area contributed by atoms with Gasteiger partial charge in [0.25, 0.3) is 0 Å². The van der Waals surface area contributed by atoms with Crippen LogP contribution in [0, 0.1) is 0 Å². The third kappa shape index (κ3) is 7.89. The first-order valence-electron chi connectivity index (χ1n) is 10.5. The van der Waals surface area contributed by atoms with Crippen LogP contribution in [0.3, 0.4) is 0 Å². The molecule has 0 aliphatic rings. The number of alkyl halides is 1. The zero-order valence-electron chi connectivity index (χ0n) is 19.2. The van der Waals surface area contributed by atoms with Crippen LogP contribution in [-0.4, -0.2) is 41.8 Å². The van der Waals surface area contributed by atoms with Crippen molar-refractivity contribution in [2.24, 2.45) is 0 Å². The van der Waals surface area contributed by atoms with E-state index in [1.54, 1.807) is 11.4 Å². The summed E-state index contributed by atoms with van der Waals surface area (Å²) in [6.07, 6.45) is 3.82. The number of pyridine rings is 2. The zero-order valence-corrected chi connectivity index (χ0v) is 23.4. The van der Waals surface area contributed by atoms with Crippen molar-refractivity contribution in [3.05, 3.63) is 71.8 Å². The molecule has 0 aliphatic carbocycles. The summed E-state index contributed by atoms with van der Waals surface area (Å²) in [6.45, 7) is 10.1. The Labute approximate surface area is 216 Å². The number of carbonyl (C=O) groups is 1. The van der Waals surface area contributed by atoms with Gasteiger partial charge in [-0.25, -0.2) is 39.2 Å². The Morgan fingerprint density at radius 2 is 1.45 bits per heavy atom. The van der Waals surface area contributed by atoms with E-state index in [1.165, 1.54) is 5.52 Å². The van der Waals surface area contributed by atoms with Crippen LogP contribution in [0.4, 0.5) is 0 Å². The van der Waals surface area contributed by atoms with E-state index in [1.807, 2.05) is 61.1 Å². The van der Waals surface area contributed by atoms with Crippen LogP contribution in [0.5, 0.6) is 0 Å². The molecule has 0 radical (unpaired) electrons. The van der Waals surface area contributed by atoms with E-state index in [9.17, 15) is 4.79 Å². The lowest BCUT2D eigenvalue weighted by molar-refractivity contribution is 0.0992. The highest BCUT2D eigenvalue weighted by atomic mass is 35.8. The van der Waals surface area contributed by atoms with Gasteiger partial charge in [-0.3, -0.25) is 4.79 Å². The molecule has 0 aliphatic heterocycles. The van der Waals surface area contributed by atoms with Crippen molar-refractivity contribution >= 4 is 69.9 Å². The van der Waals surface area contributed by atoms with E-state index >= 15 is 0 Å². The maximum Gasteiger partial charge on any atom is 0.643 e. The Morgan fingerprint density at radius 1 is 0.879 bits per heavy atom. The van der Waals surface area contributed by atoms with Gasteiger partial charge in [0.15, 0.2) is 5.78 Å². The molecule has 0 amide bonds. The number of ketones is 1. The molecule has 0 aromatic carbocycles. The Kier molecular flexibility index (Phi) is 11.0. The molecule has 4 aromatic rings. The number of aromatic nitrogens is 4. The molecule has 1 atom stereocenters. The Balaban J connectivity index is 0.000000209. The minimum absolute atomic E-state index is 0.0587. The van der Waals surface area contributed by atoms with Gasteiger partial charge in [-0.2, -0.15) is 10.2 Å². The lowest BCUT2D eigenvalue weighted by atomic mass is 10.00. The molecule has 4 heterocycles. The summed E-state index contributed by atoms with van der Waals surface area (Å²) in [5.41, 5.74) is 4.62. The average Bonchev–Trinajstić information content (AvgIpc) is 3.35.